The Labute approximate surface area is 89.2 Å². The van der Waals surface area contributed by atoms with E-state index in [1.807, 2.05) is 12.1 Å². The second-order valence-electron chi connectivity index (χ2n) is 4.43. The van der Waals surface area contributed by atoms with Gasteiger partial charge in [-0.2, -0.15) is 0 Å². The van der Waals surface area contributed by atoms with E-state index in [1.54, 1.807) is 7.11 Å². The lowest BCUT2D eigenvalue weighted by Gasteiger charge is -2.26. The molecule has 3 rings (SSSR count). The molecule has 0 bridgehead atoms. The van der Waals surface area contributed by atoms with Gasteiger partial charge in [-0.25, -0.2) is 0 Å². The third-order valence-corrected chi connectivity index (χ3v) is 3.66. The maximum absolute atomic E-state index is 6.04. The summed E-state index contributed by atoms with van der Waals surface area (Å²) in [6.45, 7) is 0.785. The average Bonchev–Trinajstić information content (AvgIpc) is 2.90. The van der Waals surface area contributed by atoms with Crippen molar-refractivity contribution < 1.29 is 9.47 Å². The van der Waals surface area contributed by atoms with E-state index in [9.17, 15) is 0 Å². The van der Waals surface area contributed by atoms with Gasteiger partial charge in [-0.1, -0.05) is 0 Å². The quantitative estimate of drug-likeness (QED) is 0.754. The summed E-state index contributed by atoms with van der Waals surface area (Å²) in [5.74, 6) is 1.87. The molecule has 0 unspecified atom stereocenters. The van der Waals surface area contributed by atoms with Crippen LogP contribution in [-0.2, 0) is 5.41 Å². The highest BCUT2D eigenvalue weighted by Crippen LogP contribution is 2.55. The lowest BCUT2D eigenvalue weighted by atomic mass is 9.89. The number of hydrogen-bond donors (Lipinski definition) is 1. The Morgan fingerprint density at radius 1 is 1.53 bits per heavy atom. The van der Waals surface area contributed by atoms with Crippen molar-refractivity contribution in [2.45, 2.75) is 24.3 Å². The smallest absolute Gasteiger partial charge is 0.123 e. The van der Waals surface area contributed by atoms with Crippen molar-refractivity contribution in [2.75, 3.05) is 13.7 Å². The van der Waals surface area contributed by atoms with Crippen molar-refractivity contribution in [3.63, 3.8) is 0 Å². The molecule has 1 aliphatic heterocycles. The summed E-state index contributed by atoms with van der Waals surface area (Å²) in [6.07, 6.45) is 2.12. The van der Waals surface area contributed by atoms with Crippen LogP contribution in [-0.4, -0.2) is 19.8 Å². The first-order chi connectivity index (χ1) is 7.26. The maximum atomic E-state index is 6.04. The number of hydrogen-bond acceptors (Lipinski definition) is 3. The molecule has 2 atom stereocenters. The van der Waals surface area contributed by atoms with Gasteiger partial charge >= 0.3 is 0 Å². The molecule has 1 spiro atoms. The van der Waals surface area contributed by atoms with Gasteiger partial charge in [0.05, 0.1) is 13.7 Å². The molecule has 1 heterocycles. The van der Waals surface area contributed by atoms with E-state index in [1.165, 1.54) is 5.56 Å². The summed E-state index contributed by atoms with van der Waals surface area (Å²) >= 11 is 0. The molecular weight excluding hydrogens is 190 g/mol. The predicted octanol–water partition coefficient (Wildman–Crippen LogP) is 1.45. The molecule has 0 radical (unpaired) electrons. The molecule has 1 fully saturated rings. The summed E-state index contributed by atoms with van der Waals surface area (Å²) in [5.41, 5.74) is 7.46. The predicted molar refractivity (Wildman–Crippen MR) is 57.4 cm³/mol. The molecule has 1 aliphatic carbocycles. The number of ether oxygens (including phenoxy) is 2. The van der Waals surface area contributed by atoms with Crippen LogP contribution < -0.4 is 15.2 Å². The molecule has 0 amide bonds. The zero-order valence-electron chi connectivity index (χ0n) is 8.82. The van der Waals surface area contributed by atoms with Gasteiger partial charge in [0.25, 0.3) is 0 Å². The van der Waals surface area contributed by atoms with Gasteiger partial charge in [0, 0.05) is 17.0 Å². The lowest BCUT2D eigenvalue weighted by molar-refractivity contribution is 0.257. The molecule has 0 saturated heterocycles. The van der Waals surface area contributed by atoms with Gasteiger partial charge in [-0.05, 0) is 31.0 Å². The SMILES string of the molecule is COc1ccc2c(c1)[C@@]1(CCO2)C[C@@H]1N. The molecular formula is C12H15NO2. The Morgan fingerprint density at radius 2 is 2.33 bits per heavy atom. The largest absolute Gasteiger partial charge is 0.497 e. The number of nitrogens with two attached hydrogens (primary N) is 1. The van der Waals surface area contributed by atoms with Gasteiger partial charge < -0.3 is 15.2 Å². The van der Waals surface area contributed by atoms with Crippen molar-refractivity contribution in [3.05, 3.63) is 23.8 Å². The van der Waals surface area contributed by atoms with Gasteiger partial charge in [0.15, 0.2) is 0 Å². The second kappa shape index (κ2) is 2.89. The van der Waals surface area contributed by atoms with E-state index in [4.69, 9.17) is 15.2 Å². The van der Waals surface area contributed by atoms with Gasteiger partial charge in [-0.3, -0.25) is 0 Å². The van der Waals surface area contributed by atoms with Crippen molar-refractivity contribution in [2.24, 2.45) is 5.73 Å². The summed E-state index contributed by atoms with van der Waals surface area (Å²) in [7, 11) is 1.69. The molecule has 0 aromatic heterocycles. The fourth-order valence-corrected chi connectivity index (χ4v) is 2.56. The minimum atomic E-state index is 0.183. The first-order valence-corrected chi connectivity index (χ1v) is 5.33. The third kappa shape index (κ3) is 1.16. The van der Waals surface area contributed by atoms with Crippen LogP contribution in [0.3, 0.4) is 0 Å². The van der Waals surface area contributed by atoms with Crippen LogP contribution in [0, 0.1) is 0 Å². The number of benzene rings is 1. The Bertz CT molecular complexity index is 405. The number of rotatable bonds is 1. The van der Waals surface area contributed by atoms with Gasteiger partial charge in [0.2, 0.25) is 0 Å². The van der Waals surface area contributed by atoms with Crippen LogP contribution in [0.1, 0.15) is 18.4 Å². The van der Waals surface area contributed by atoms with E-state index < -0.39 is 0 Å². The third-order valence-electron chi connectivity index (χ3n) is 3.66. The van der Waals surface area contributed by atoms with Crippen molar-refractivity contribution in [1.82, 2.24) is 0 Å². The van der Waals surface area contributed by atoms with E-state index >= 15 is 0 Å². The molecule has 3 heteroatoms. The molecule has 1 aromatic carbocycles. The molecule has 2 aliphatic rings. The summed E-state index contributed by atoms with van der Waals surface area (Å²) in [6, 6.07) is 6.29. The molecule has 15 heavy (non-hydrogen) atoms. The van der Waals surface area contributed by atoms with E-state index in [-0.39, 0.29) is 5.41 Å². The first-order valence-electron chi connectivity index (χ1n) is 5.33. The van der Waals surface area contributed by atoms with E-state index in [0.29, 0.717) is 6.04 Å². The minimum absolute atomic E-state index is 0.183. The number of methoxy groups -OCH3 is 1. The molecule has 80 valence electrons. The fraction of sp³-hybridized carbons (Fsp3) is 0.500. The van der Waals surface area contributed by atoms with Crippen LogP contribution >= 0.6 is 0 Å². The second-order valence-corrected chi connectivity index (χ2v) is 4.43. The molecule has 3 nitrogen and oxygen atoms in total. The van der Waals surface area contributed by atoms with Crippen LogP contribution in [0.15, 0.2) is 18.2 Å². The zero-order valence-corrected chi connectivity index (χ0v) is 8.82. The van der Waals surface area contributed by atoms with Crippen LogP contribution in [0.25, 0.3) is 0 Å². The highest BCUT2D eigenvalue weighted by molar-refractivity contribution is 5.51. The van der Waals surface area contributed by atoms with Crippen LogP contribution in [0.5, 0.6) is 11.5 Å². The van der Waals surface area contributed by atoms with Gasteiger partial charge in [-0.15, -0.1) is 0 Å². The molecule has 1 saturated carbocycles. The highest BCUT2D eigenvalue weighted by atomic mass is 16.5. The Hall–Kier alpha value is -1.22. The van der Waals surface area contributed by atoms with Gasteiger partial charge in [0.1, 0.15) is 11.5 Å². The average molecular weight is 205 g/mol. The topological polar surface area (TPSA) is 44.5 Å². The Morgan fingerprint density at radius 3 is 3.00 bits per heavy atom. The summed E-state index contributed by atoms with van der Waals surface area (Å²) in [4.78, 5) is 0. The lowest BCUT2D eigenvalue weighted by Crippen LogP contribution is -2.26. The monoisotopic (exact) mass is 205 g/mol. The molecule has 2 N–H and O–H groups in total. The fourth-order valence-electron chi connectivity index (χ4n) is 2.56. The molecule has 1 aromatic rings. The van der Waals surface area contributed by atoms with Crippen LogP contribution in [0.2, 0.25) is 0 Å². The van der Waals surface area contributed by atoms with Crippen molar-refractivity contribution >= 4 is 0 Å². The first kappa shape index (κ1) is 9.04. The standard InChI is InChI=1S/C12H15NO2/c1-14-8-2-3-10-9(6-8)12(4-5-15-10)7-11(12)13/h2-3,6,11H,4-5,7,13H2,1H3/t11-,12+/m0/s1. The summed E-state index contributed by atoms with van der Waals surface area (Å²) in [5, 5.41) is 0. The zero-order chi connectivity index (χ0) is 10.5. The minimum Gasteiger partial charge on any atom is -0.497 e. The van der Waals surface area contributed by atoms with Crippen molar-refractivity contribution in [3.8, 4) is 11.5 Å². The van der Waals surface area contributed by atoms with Crippen molar-refractivity contribution in [1.29, 1.82) is 0 Å². The highest BCUT2D eigenvalue weighted by Gasteiger charge is 2.55. The maximum Gasteiger partial charge on any atom is 0.123 e. The van der Waals surface area contributed by atoms with E-state index in [0.717, 1.165) is 30.9 Å². The summed E-state index contributed by atoms with van der Waals surface area (Å²) < 4.78 is 10.9. The Balaban J connectivity index is 2.09. The van der Waals surface area contributed by atoms with Crippen LogP contribution in [0.4, 0.5) is 0 Å². The number of fused-ring (bicyclic) bond motifs is 2. The normalized spacial score (nSPS) is 32.0. The Kier molecular flexibility index (Phi) is 1.74. The van der Waals surface area contributed by atoms with E-state index in [2.05, 4.69) is 6.07 Å².